The standard InChI is InChI=1S/C23H20N4O4S2/c1-32-12-10-18(27-21(30)14-6-2-3-7-15(14)22(27)31)20(29)25-17-9-5-4-8-16(17)19(28)26-23-24-11-13-33-23/h2-9,11,13,18H,10,12H2,1H3,(H,25,29)(H,24,26,28). The topological polar surface area (TPSA) is 108 Å². The van der Waals surface area contributed by atoms with Gasteiger partial charge in [-0.2, -0.15) is 11.8 Å². The molecular weight excluding hydrogens is 460 g/mol. The summed E-state index contributed by atoms with van der Waals surface area (Å²) in [6, 6.07) is 12.1. The van der Waals surface area contributed by atoms with Crippen LogP contribution in [0, 0.1) is 0 Å². The summed E-state index contributed by atoms with van der Waals surface area (Å²) in [5.74, 6) is -1.38. The Morgan fingerprint density at radius 3 is 2.33 bits per heavy atom. The molecule has 0 spiro atoms. The molecule has 8 nitrogen and oxygen atoms in total. The van der Waals surface area contributed by atoms with E-state index in [-0.39, 0.29) is 28.8 Å². The van der Waals surface area contributed by atoms with E-state index >= 15 is 0 Å². The third-order valence-electron chi connectivity index (χ3n) is 5.12. The highest BCUT2D eigenvalue weighted by atomic mass is 32.2. The van der Waals surface area contributed by atoms with E-state index in [1.54, 1.807) is 60.1 Å². The van der Waals surface area contributed by atoms with Crippen LogP contribution in [-0.4, -0.2) is 51.6 Å². The fraction of sp³-hybridized carbons (Fsp3) is 0.174. The fourth-order valence-electron chi connectivity index (χ4n) is 3.55. The molecule has 4 rings (SSSR count). The monoisotopic (exact) mass is 480 g/mol. The first-order valence-corrected chi connectivity index (χ1v) is 12.3. The highest BCUT2D eigenvalue weighted by molar-refractivity contribution is 7.98. The van der Waals surface area contributed by atoms with Crippen LogP contribution in [0.2, 0.25) is 0 Å². The van der Waals surface area contributed by atoms with Crippen LogP contribution in [0.25, 0.3) is 0 Å². The summed E-state index contributed by atoms with van der Waals surface area (Å²) in [5.41, 5.74) is 1.09. The molecule has 3 aromatic rings. The Bertz CT molecular complexity index is 1180. The highest BCUT2D eigenvalue weighted by Gasteiger charge is 2.42. The van der Waals surface area contributed by atoms with Crippen molar-refractivity contribution in [3.63, 3.8) is 0 Å². The number of amides is 4. The van der Waals surface area contributed by atoms with Crippen LogP contribution in [0.4, 0.5) is 10.8 Å². The lowest BCUT2D eigenvalue weighted by Crippen LogP contribution is -2.47. The van der Waals surface area contributed by atoms with Gasteiger partial charge in [-0.25, -0.2) is 4.98 Å². The summed E-state index contributed by atoms with van der Waals surface area (Å²) < 4.78 is 0. The van der Waals surface area contributed by atoms with E-state index in [4.69, 9.17) is 0 Å². The minimum atomic E-state index is -1.01. The van der Waals surface area contributed by atoms with Crippen LogP contribution in [0.5, 0.6) is 0 Å². The van der Waals surface area contributed by atoms with Crippen LogP contribution in [0.15, 0.2) is 60.1 Å². The van der Waals surface area contributed by atoms with Gasteiger partial charge in [-0.05, 0) is 42.7 Å². The maximum Gasteiger partial charge on any atom is 0.262 e. The predicted molar refractivity (Wildman–Crippen MR) is 129 cm³/mol. The molecule has 1 aromatic heterocycles. The van der Waals surface area contributed by atoms with Gasteiger partial charge in [-0.3, -0.25) is 29.4 Å². The molecule has 168 valence electrons. The van der Waals surface area contributed by atoms with Crippen LogP contribution < -0.4 is 10.6 Å². The lowest BCUT2D eigenvalue weighted by atomic mass is 10.1. The predicted octanol–water partition coefficient (Wildman–Crippen LogP) is 3.75. The fourth-order valence-corrected chi connectivity index (χ4v) is 4.54. The van der Waals surface area contributed by atoms with Crippen LogP contribution >= 0.6 is 23.1 Å². The third-order valence-corrected chi connectivity index (χ3v) is 6.45. The molecule has 33 heavy (non-hydrogen) atoms. The van der Waals surface area contributed by atoms with Gasteiger partial charge >= 0.3 is 0 Å². The number of benzene rings is 2. The van der Waals surface area contributed by atoms with Gasteiger partial charge in [-0.1, -0.05) is 24.3 Å². The van der Waals surface area contributed by atoms with E-state index in [0.29, 0.717) is 10.9 Å². The number of nitrogens with zero attached hydrogens (tertiary/aromatic N) is 2. The number of carbonyl (C=O) groups is 4. The van der Waals surface area contributed by atoms with Crippen molar-refractivity contribution in [2.24, 2.45) is 0 Å². The molecule has 2 heterocycles. The summed E-state index contributed by atoms with van der Waals surface area (Å²) in [6.07, 6.45) is 3.74. The molecule has 0 aliphatic carbocycles. The minimum Gasteiger partial charge on any atom is -0.324 e. The average Bonchev–Trinajstić information content (AvgIpc) is 3.42. The highest BCUT2D eigenvalue weighted by Crippen LogP contribution is 2.27. The number of hydrogen-bond donors (Lipinski definition) is 2. The molecule has 0 saturated carbocycles. The van der Waals surface area contributed by atoms with Gasteiger partial charge in [0.1, 0.15) is 6.04 Å². The zero-order valence-corrected chi connectivity index (χ0v) is 19.2. The largest absolute Gasteiger partial charge is 0.324 e. The molecule has 1 aliphatic heterocycles. The SMILES string of the molecule is CSCCC(C(=O)Nc1ccccc1C(=O)Nc1nccs1)N1C(=O)c2ccccc2C1=O. The number of thioether (sulfide) groups is 1. The van der Waals surface area contributed by atoms with E-state index in [1.165, 1.54) is 23.1 Å². The van der Waals surface area contributed by atoms with E-state index in [2.05, 4.69) is 15.6 Å². The number of hydrogen-bond acceptors (Lipinski definition) is 7. The Labute approximate surface area is 198 Å². The van der Waals surface area contributed by atoms with Gasteiger partial charge in [0.15, 0.2) is 5.13 Å². The van der Waals surface area contributed by atoms with Crippen LogP contribution in [0.1, 0.15) is 37.5 Å². The van der Waals surface area contributed by atoms with Crippen molar-refractivity contribution in [1.82, 2.24) is 9.88 Å². The van der Waals surface area contributed by atoms with Crippen molar-refractivity contribution < 1.29 is 19.2 Å². The Morgan fingerprint density at radius 2 is 1.70 bits per heavy atom. The smallest absolute Gasteiger partial charge is 0.262 e. The Kier molecular flexibility index (Phi) is 6.85. The maximum absolute atomic E-state index is 13.3. The summed E-state index contributed by atoms with van der Waals surface area (Å²) in [7, 11) is 0. The molecule has 1 atom stereocenters. The van der Waals surface area contributed by atoms with Crippen molar-refractivity contribution in [1.29, 1.82) is 0 Å². The van der Waals surface area contributed by atoms with Gasteiger partial charge in [0.05, 0.1) is 22.4 Å². The molecule has 1 aliphatic rings. The van der Waals surface area contributed by atoms with E-state index in [0.717, 1.165) is 4.90 Å². The number of fused-ring (bicyclic) bond motifs is 1. The van der Waals surface area contributed by atoms with Crippen molar-refractivity contribution in [3.05, 3.63) is 76.8 Å². The number of anilines is 2. The molecule has 0 fully saturated rings. The summed E-state index contributed by atoms with van der Waals surface area (Å²) in [5, 5.41) is 7.62. The van der Waals surface area contributed by atoms with Crippen molar-refractivity contribution in [3.8, 4) is 0 Å². The van der Waals surface area contributed by atoms with Gasteiger partial charge in [0.25, 0.3) is 17.7 Å². The summed E-state index contributed by atoms with van der Waals surface area (Å²) >= 11 is 2.79. The van der Waals surface area contributed by atoms with E-state index < -0.39 is 29.7 Å². The Morgan fingerprint density at radius 1 is 1.03 bits per heavy atom. The first kappa shape index (κ1) is 22.7. The molecule has 2 aromatic carbocycles. The molecule has 10 heteroatoms. The second-order valence-corrected chi connectivity index (χ2v) is 9.03. The maximum atomic E-state index is 13.3. The Balaban J connectivity index is 1.59. The number of para-hydroxylation sites is 1. The first-order chi connectivity index (χ1) is 16.0. The second-order valence-electron chi connectivity index (χ2n) is 7.15. The number of carbonyl (C=O) groups excluding carboxylic acids is 4. The van der Waals surface area contributed by atoms with Gasteiger partial charge < -0.3 is 5.32 Å². The van der Waals surface area contributed by atoms with Crippen LogP contribution in [0.3, 0.4) is 0 Å². The van der Waals surface area contributed by atoms with Crippen molar-refractivity contribution >= 4 is 57.5 Å². The molecule has 4 amide bonds. The number of rotatable bonds is 8. The summed E-state index contributed by atoms with van der Waals surface area (Å²) in [4.78, 5) is 57.1. The minimum absolute atomic E-state index is 0.243. The second kappa shape index (κ2) is 9.97. The van der Waals surface area contributed by atoms with Gasteiger partial charge in [0.2, 0.25) is 5.91 Å². The van der Waals surface area contributed by atoms with Gasteiger partial charge in [0, 0.05) is 11.6 Å². The number of aromatic nitrogens is 1. The number of imide groups is 1. The molecule has 0 saturated heterocycles. The zero-order valence-electron chi connectivity index (χ0n) is 17.6. The molecule has 0 bridgehead atoms. The molecular formula is C23H20N4O4S2. The lowest BCUT2D eigenvalue weighted by molar-refractivity contribution is -0.120. The summed E-state index contributed by atoms with van der Waals surface area (Å²) in [6.45, 7) is 0. The molecule has 2 N–H and O–H groups in total. The van der Waals surface area contributed by atoms with Gasteiger partial charge in [-0.15, -0.1) is 11.3 Å². The third kappa shape index (κ3) is 4.67. The van der Waals surface area contributed by atoms with E-state index in [9.17, 15) is 19.2 Å². The van der Waals surface area contributed by atoms with E-state index in [1.807, 2.05) is 6.26 Å². The molecule has 0 radical (unpaired) electrons. The number of thiazole rings is 1. The molecule has 1 unspecified atom stereocenters. The first-order valence-electron chi connectivity index (χ1n) is 10.1. The Hall–Kier alpha value is -3.50. The quantitative estimate of drug-likeness (QED) is 0.476. The zero-order chi connectivity index (χ0) is 23.4. The van der Waals surface area contributed by atoms with Crippen molar-refractivity contribution in [2.45, 2.75) is 12.5 Å². The number of nitrogens with one attached hydrogen (secondary N) is 2. The van der Waals surface area contributed by atoms with Crippen LogP contribution in [-0.2, 0) is 4.79 Å². The normalized spacial score (nSPS) is 13.5. The van der Waals surface area contributed by atoms with Crippen molar-refractivity contribution in [2.75, 3.05) is 22.6 Å². The lowest BCUT2D eigenvalue weighted by Gasteiger charge is -2.25. The average molecular weight is 481 g/mol.